The molecule has 0 unspecified atom stereocenters. The lowest BCUT2D eigenvalue weighted by Gasteiger charge is -2.15. The van der Waals surface area contributed by atoms with Crippen LogP contribution in [0.25, 0.3) is 12.2 Å². The van der Waals surface area contributed by atoms with Gasteiger partial charge < -0.3 is 19.6 Å². The fourth-order valence-corrected chi connectivity index (χ4v) is 3.28. The molecule has 10 heteroatoms. The van der Waals surface area contributed by atoms with Gasteiger partial charge >= 0.3 is 11.2 Å². The predicted molar refractivity (Wildman–Crippen MR) is 118 cm³/mol. The number of ether oxygens (including phenoxy) is 2. The van der Waals surface area contributed by atoms with Crippen LogP contribution in [0.3, 0.4) is 0 Å². The Kier molecular flexibility index (Phi) is 7.03. The summed E-state index contributed by atoms with van der Waals surface area (Å²) in [6.07, 6.45) is 3.02. The van der Waals surface area contributed by atoms with E-state index >= 15 is 0 Å². The monoisotopic (exact) mass is 487 g/mol. The summed E-state index contributed by atoms with van der Waals surface area (Å²) in [5.41, 5.74) is -0.354. The van der Waals surface area contributed by atoms with Gasteiger partial charge in [-0.25, -0.2) is 0 Å². The number of benzene rings is 2. The second kappa shape index (κ2) is 9.90. The first-order valence-electron chi connectivity index (χ1n) is 9.18. The van der Waals surface area contributed by atoms with E-state index in [0.717, 1.165) is 5.56 Å². The van der Waals surface area contributed by atoms with Gasteiger partial charge in [-0.15, -0.1) is 0 Å². The van der Waals surface area contributed by atoms with Gasteiger partial charge in [-0.2, -0.15) is 4.98 Å². The number of aromatic hydroxyl groups is 1. The van der Waals surface area contributed by atoms with Crippen molar-refractivity contribution in [2.45, 2.75) is 13.5 Å². The minimum atomic E-state index is -1.04. The first-order valence-corrected chi connectivity index (χ1v) is 9.97. The molecule has 0 fully saturated rings. The SMILES string of the molecule is CCOc1cc(/C=C\c2nc(O)c([N+](=O)[O-])c(=O)[nH]2)cc(Br)c1OCc1ccccc1. The van der Waals surface area contributed by atoms with Gasteiger partial charge in [0.05, 0.1) is 16.0 Å². The molecule has 2 aromatic carbocycles. The Labute approximate surface area is 185 Å². The lowest BCUT2D eigenvalue weighted by Crippen LogP contribution is -2.14. The summed E-state index contributed by atoms with van der Waals surface area (Å²) >= 11 is 3.49. The molecule has 1 heterocycles. The topological polar surface area (TPSA) is 128 Å². The van der Waals surface area contributed by atoms with Crippen LogP contribution in [0.15, 0.2) is 51.7 Å². The van der Waals surface area contributed by atoms with Crippen LogP contribution < -0.4 is 15.0 Å². The van der Waals surface area contributed by atoms with Crippen molar-refractivity contribution in [2.75, 3.05) is 6.61 Å². The number of H-pyrrole nitrogens is 1. The molecule has 2 N–H and O–H groups in total. The van der Waals surface area contributed by atoms with Crippen molar-refractivity contribution in [3.63, 3.8) is 0 Å². The molecule has 0 atom stereocenters. The van der Waals surface area contributed by atoms with E-state index < -0.39 is 22.0 Å². The molecule has 1 aromatic heterocycles. The van der Waals surface area contributed by atoms with Crippen LogP contribution >= 0.6 is 15.9 Å². The maximum Gasteiger partial charge on any atom is 0.395 e. The van der Waals surface area contributed by atoms with Gasteiger partial charge in [0.2, 0.25) is 0 Å². The Hall–Kier alpha value is -3.66. The average molecular weight is 488 g/mol. The van der Waals surface area contributed by atoms with E-state index in [1.54, 1.807) is 18.2 Å². The van der Waals surface area contributed by atoms with Crippen LogP contribution in [0.1, 0.15) is 23.9 Å². The van der Waals surface area contributed by atoms with Crippen molar-refractivity contribution in [3.05, 3.63) is 84.4 Å². The van der Waals surface area contributed by atoms with Crippen LogP contribution in [-0.4, -0.2) is 26.6 Å². The van der Waals surface area contributed by atoms with Crippen LogP contribution in [0.4, 0.5) is 5.69 Å². The molecule has 9 nitrogen and oxygen atoms in total. The number of rotatable bonds is 8. The molecular formula is C21H18BrN3O6. The highest BCUT2D eigenvalue weighted by molar-refractivity contribution is 9.10. The third kappa shape index (κ3) is 5.48. The molecule has 0 aliphatic carbocycles. The van der Waals surface area contributed by atoms with Crippen molar-refractivity contribution >= 4 is 33.8 Å². The Balaban J connectivity index is 1.87. The molecule has 3 aromatic rings. The zero-order valence-electron chi connectivity index (χ0n) is 16.4. The summed E-state index contributed by atoms with van der Waals surface area (Å²) in [6.45, 7) is 2.64. The number of nitrogens with zero attached hydrogens (tertiary/aromatic N) is 2. The highest BCUT2D eigenvalue weighted by Gasteiger charge is 2.21. The molecular weight excluding hydrogens is 470 g/mol. The summed E-state index contributed by atoms with van der Waals surface area (Å²) in [7, 11) is 0. The smallest absolute Gasteiger partial charge is 0.395 e. The van der Waals surface area contributed by atoms with E-state index in [4.69, 9.17) is 9.47 Å². The van der Waals surface area contributed by atoms with E-state index in [-0.39, 0.29) is 5.82 Å². The van der Waals surface area contributed by atoms with E-state index in [1.165, 1.54) is 6.08 Å². The Bertz CT molecular complexity index is 1180. The molecule has 31 heavy (non-hydrogen) atoms. The number of nitrogens with one attached hydrogen (secondary N) is 1. The summed E-state index contributed by atoms with van der Waals surface area (Å²) in [4.78, 5) is 27.4. The number of hydrogen-bond acceptors (Lipinski definition) is 7. The summed E-state index contributed by atoms with van der Waals surface area (Å²) in [5.74, 6) is 0.0728. The van der Waals surface area contributed by atoms with Crippen LogP contribution in [0.5, 0.6) is 17.4 Å². The van der Waals surface area contributed by atoms with Crippen LogP contribution in [0.2, 0.25) is 0 Å². The van der Waals surface area contributed by atoms with Crippen molar-refractivity contribution < 1.29 is 19.5 Å². The molecule has 0 saturated carbocycles. The highest BCUT2D eigenvalue weighted by atomic mass is 79.9. The molecule has 0 bridgehead atoms. The summed E-state index contributed by atoms with van der Waals surface area (Å²) in [6, 6.07) is 13.2. The normalized spacial score (nSPS) is 10.9. The number of halogens is 1. The van der Waals surface area contributed by atoms with Crippen molar-refractivity contribution in [2.24, 2.45) is 0 Å². The molecule has 0 aliphatic rings. The second-order valence-electron chi connectivity index (χ2n) is 6.25. The van der Waals surface area contributed by atoms with Gasteiger partial charge in [-0.05, 0) is 52.2 Å². The van der Waals surface area contributed by atoms with Gasteiger partial charge in [0, 0.05) is 0 Å². The fourth-order valence-electron chi connectivity index (χ4n) is 2.71. The van der Waals surface area contributed by atoms with E-state index in [9.17, 15) is 20.0 Å². The van der Waals surface area contributed by atoms with E-state index in [2.05, 4.69) is 25.9 Å². The average Bonchev–Trinajstić information content (AvgIpc) is 2.72. The second-order valence-corrected chi connectivity index (χ2v) is 7.11. The minimum absolute atomic E-state index is 0.0356. The standard InChI is InChI=1S/C21H18BrN3O6/c1-2-30-16-11-14(8-9-17-23-20(26)18(25(28)29)21(27)24-17)10-15(22)19(16)31-12-13-6-4-3-5-7-13/h3-11H,2,12H2,1H3,(H2,23,24,26,27)/b9-8-. The maximum absolute atomic E-state index is 11.8. The predicted octanol–water partition coefficient (Wildman–Crippen LogP) is 4.29. The van der Waals surface area contributed by atoms with Crippen molar-refractivity contribution in [3.8, 4) is 17.4 Å². The molecule has 0 aliphatic heterocycles. The summed E-state index contributed by atoms with van der Waals surface area (Å²) < 4.78 is 12.3. The quantitative estimate of drug-likeness (QED) is 0.358. The molecule has 0 radical (unpaired) electrons. The number of nitro groups is 1. The first kappa shape index (κ1) is 22.0. The zero-order chi connectivity index (χ0) is 22.4. The van der Waals surface area contributed by atoms with E-state index in [0.29, 0.717) is 34.7 Å². The highest BCUT2D eigenvalue weighted by Crippen LogP contribution is 2.38. The van der Waals surface area contributed by atoms with Gasteiger partial charge in [-0.3, -0.25) is 14.9 Å². The Morgan fingerprint density at radius 3 is 2.61 bits per heavy atom. The third-order valence-electron chi connectivity index (χ3n) is 4.07. The largest absolute Gasteiger partial charge is 0.490 e. The summed E-state index contributed by atoms with van der Waals surface area (Å²) in [5, 5.41) is 20.4. The minimum Gasteiger partial charge on any atom is -0.490 e. The molecule has 0 spiro atoms. The maximum atomic E-state index is 11.8. The number of hydrogen-bond donors (Lipinski definition) is 2. The van der Waals surface area contributed by atoms with E-state index in [1.807, 2.05) is 37.3 Å². The first-order chi connectivity index (χ1) is 14.9. The van der Waals surface area contributed by atoms with Crippen molar-refractivity contribution in [1.29, 1.82) is 0 Å². The van der Waals surface area contributed by atoms with Gasteiger partial charge in [0.1, 0.15) is 12.4 Å². The Morgan fingerprint density at radius 1 is 1.23 bits per heavy atom. The lowest BCUT2D eigenvalue weighted by atomic mass is 10.2. The molecule has 3 rings (SSSR count). The number of aromatic nitrogens is 2. The lowest BCUT2D eigenvalue weighted by molar-refractivity contribution is -0.387. The number of aromatic amines is 1. The van der Waals surface area contributed by atoms with Gasteiger partial charge in [0.25, 0.3) is 5.88 Å². The van der Waals surface area contributed by atoms with Crippen molar-refractivity contribution in [1.82, 2.24) is 9.97 Å². The molecule has 160 valence electrons. The Morgan fingerprint density at radius 2 is 1.97 bits per heavy atom. The fraction of sp³-hybridized carbons (Fsp3) is 0.143. The third-order valence-corrected chi connectivity index (χ3v) is 4.66. The molecule has 0 amide bonds. The van der Waals surface area contributed by atoms with Gasteiger partial charge in [-0.1, -0.05) is 36.4 Å². The van der Waals surface area contributed by atoms with Gasteiger partial charge in [0.15, 0.2) is 11.5 Å². The van der Waals surface area contributed by atoms with Crippen LogP contribution in [0, 0.1) is 10.1 Å². The zero-order valence-corrected chi connectivity index (χ0v) is 18.0. The van der Waals surface area contributed by atoms with Crippen LogP contribution in [-0.2, 0) is 6.61 Å². The molecule has 0 saturated heterocycles.